The van der Waals surface area contributed by atoms with Crippen LogP contribution in [0.2, 0.25) is 5.02 Å². The quantitative estimate of drug-likeness (QED) is 0.431. The number of ether oxygens (including phenoxy) is 1. The minimum Gasteiger partial charge on any atom is -0.383 e. The second-order valence-corrected chi connectivity index (χ2v) is 8.50. The lowest BCUT2D eigenvalue weighted by Gasteiger charge is -2.32. The molecule has 184 valence electrons. The molecule has 0 atom stereocenters. The molecule has 4 rings (SSSR count). The fraction of sp³-hybridized carbons (Fsp3) is 0.280. The van der Waals surface area contributed by atoms with Gasteiger partial charge >= 0.3 is 6.18 Å². The molecule has 3 aromatic rings. The summed E-state index contributed by atoms with van der Waals surface area (Å²) in [6.45, 7) is 1.93. The molecule has 2 heterocycles. The molecule has 0 radical (unpaired) electrons. The van der Waals surface area contributed by atoms with Gasteiger partial charge in [0.2, 0.25) is 0 Å². The van der Waals surface area contributed by atoms with Crippen LogP contribution in [0.4, 0.5) is 24.7 Å². The number of hydrogen-bond donors (Lipinski definition) is 2. The lowest BCUT2D eigenvalue weighted by Crippen LogP contribution is -2.34. The number of aromatic nitrogens is 1. The van der Waals surface area contributed by atoms with Gasteiger partial charge in [-0.05, 0) is 47.5 Å². The largest absolute Gasteiger partial charge is 0.416 e. The third-order valence-corrected chi connectivity index (χ3v) is 5.92. The van der Waals surface area contributed by atoms with Crippen molar-refractivity contribution in [2.45, 2.75) is 12.7 Å². The first kappa shape index (κ1) is 24.8. The Balaban J connectivity index is 1.59. The van der Waals surface area contributed by atoms with Crippen molar-refractivity contribution < 1.29 is 22.7 Å². The van der Waals surface area contributed by atoms with E-state index in [1.54, 1.807) is 25.4 Å². The van der Waals surface area contributed by atoms with E-state index in [1.807, 2.05) is 23.1 Å². The summed E-state index contributed by atoms with van der Waals surface area (Å²) in [4.78, 5) is 18.6. The first-order chi connectivity index (χ1) is 16.8. The predicted octanol–water partition coefficient (Wildman–Crippen LogP) is 5.23. The van der Waals surface area contributed by atoms with Gasteiger partial charge in [0.05, 0.1) is 17.9 Å². The molecule has 0 aliphatic carbocycles. The van der Waals surface area contributed by atoms with E-state index in [-0.39, 0.29) is 23.0 Å². The topological polar surface area (TPSA) is 66.5 Å². The van der Waals surface area contributed by atoms with Crippen LogP contribution in [0.3, 0.4) is 0 Å². The van der Waals surface area contributed by atoms with Crippen molar-refractivity contribution in [2.24, 2.45) is 0 Å². The van der Waals surface area contributed by atoms with E-state index >= 15 is 0 Å². The lowest BCUT2D eigenvalue weighted by molar-refractivity contribution is -0.138. The zero-order valence-electron chi connectivity index (χ0n) is 19.0. The van der Waals surface area contributed by atoms with Gasteiger partial charge < -0.3 is 20.3 Å². The standard InChI is InChI=1S/C25H24ClF3N4O2/c1-35-11-9-31-24(34)17-4-2-16(3-5-17)18-13-22-23(32-14-18)30-8-10-33(22)15-19-12-20(26)6-7-21(19)25(27,28)29/h2-7,12-14H,8-11,15H2,1H3,(H,30,32)(H,31,34). The fourth-order valence-corrected chi connectivity index (χ4v) is 4.13. The number of carbonyl (C=O) groups excluding carboxylic acids is 1. The number of methoxy groups -OCH3 is 1. The van der Waals surface area contributed by atoms with E-state index in [1.165, 1.54) is 12.1 Å². The van der Waals surface area contributed by atoms with Crippen molar-refractivity contribution in [3.63, 3.8) is 0 Å². The highest BCUT2D eigenvalue weighted by molar-refractivity contribution is 6.30. The monoisotopic (exact) mass is 504 g/mol. The summed E-state index contributed by atoms with van der Waals surface area (Å²) in [5.74, 6) is 0.402. The first-order valence-corrected chi connectivity index (χ1v) is 11.4. The Bertz CT molecular complexity index is 1200. The van der Waals surface area contributed by atoms with E-state index in [2.05, 4.69) is 15.6 Å². The fourth-order valence-electron chi connectivity index (χ4n) is 3.94. The highest BCUT2D eigenvalue weighted by Gasteiger charge is 2.34. The summed E-state index contributed by atoms with van der Waals surface area (Å²) in [5, 5.41) is 6.22. The Hall–Kier alpha value is -3.30. The van der Waals surface area contributed by atoms with Crippen molar-refractivity contribution in [1.29, 1.82) is 0 Å². The molecule has 0 unspecified atom stereocenters. The second-order valence-electron chi connectivity index (χ2n) is 8.07. The molecule has 1 aliphatic heterocycles. The zero-order valence-corrected chi connectivity index (χ0v) is 19.7. The number of hydrogen-bond acceptors (Lipinski definition) is 5. The highest BCUT2D eigenvalue weighted by Crippen LogP contribution is 2.37. The highest BCUT2D eigenvalue weighted by atomic mass is 35.5. The molecule has 0 bridgehead atoms. The molecule has 6 nitrogen and oxygen atoms in total. The first-order valence-electron chi connectivity index (χ1n) is 11.0. The third kappa shape index (κ3) is 5.86. The Morgan fingerprint density at radius 1 is 1.17 bits per heavy atom. The summed E-state index contributed by atoms with van der Waals surface area (Å²) >= 11 is 6.02. The summed E-state index contributed by atoms with van der Waals surface area (Å²) < 4.78 is 45.6. The molecule has 0 saturated heterocycles. The second kappa shape index (κ2) is 10.5. The molecule has 0 fully saturated rings. The maximum atomic E-state index is 13.6. The van der Waals surface area contributed by atoms with Gasteiger partial charge in [0.15, 0.2) is 0 Å². The Kier molecular flexibility index (Phi) is 7.47. The van der Waals surface area contributed by atoms with E-state index in [0.717, 1.165) is 17.2 Å². The van der Waals surface area contributed by atoms with Crippen molar-refractivity contribution >= 4 is 29.0 Å². The van der Waals surface area contributed by atoms with Crippen LogP contribution in [0.1, 0.15) is 21.5 Å². The van der Waals surface area contributed by atoms with Crippen LogP contribution < -0.4 is 15.5 Å². The predicted molar refractivity (Wildman–Crippen MR) is 130 cm³/mol. The number of pyridine rings is 1. The molecule has 1 amide bonds. The maximum Gasteiger partial charge on any atom is 0.416 e. The minimum atomic E-state index is -4.48. The third-order valence-electron chi connectivity index (χ3n) is 5.69. The van der Waals surface area contributed by atoms with Gasteiger partial charge in [-0.2, -0.15) is 13.2 Å². The number of rotatable bonds is 7. The maximum absolute atomic E-state index is 13.6. The van der Waals surface area contributed by atoms with Crippen LogP contribution >= 0.6 is 11.6 Å². The lowest BCUT2D eigenvalue weighted by atomic mass is 10.0. The number of halogens is 4. The molecule has 10 heteroatoms. The van der Waals surface area contributed by atoms with E-state index in [9.17, 15) is 18.0 Å². The number of carbonyl (C=O) groups is 1. The number of amides is 1. The number of anilines is 2. The zero-order chi connectivity index (χ0) is 25.0. The molecule has 2 aromatic carbocycles. The van der Waals surface area contributed by atoms with Gasteiger partial charge in [0, 0.05) is 55.6 Å². The number of alkyl halides is 3. The molecule has 0 saturated carbocycles. The van der Waals surface area contributed by atoms with Crippen LogP contribution in [0.15, 0.2) is 54.7 Å². The molecule has 1 aromatic heterocycles. The minimum absolute atomic E-state index is 0.0375. The van der Waals surface area contributed by atoms with E-state index in [0.29, 0.717) is 43.3 Å². The molecular formula is C25H24ClF3N4O2. The van der Waals surface area contributed by atoms with E-state index < -0.39 is 11.7 Å². The van der Waals surface area contributed by atoms with Crippen LogP contribution in [0, 0.1) is 0 Å². The van der Waals surface area contributed by atoms with Crippen LogP contribution in [0.5, 0.6) is 0 Å². The van der Waals surface area contributed by atoms with Crippen LogP contribution in [-0.4, -0.2) is 44.2 Å². The van der Waals surface area contributed by atoms with Crippen molar-refractivity contribution in [2.75, 3.05) is 43.6 Å². The van der Waals surface area contributed by atoms with Crippen molar-refractivity contribution in [1.82, 2.24) is 10.3 Å². The van der Waals surface area contributed by atoms with Gasteiger partial charge in [0.25, 0.3) is 5.91 Å². The van der Waals surface area contributed by atoms with Gasteiger partial charge in [-0.1, -0.05) is 23.7 Å². The van der Waals surface area contributed by atoms with Crippen molar-refractivity contribution in [3.8, 4) is 11.1 Å². The normalized spacial score (nSPS) is 13.2. The summed E-state index contributed by atoms with van der Waals surface area (Å²) in [5.41, 5.74) is 2.23. The van der Waals surface area contributed by atoms with Crippen LogP contribution in [-0.2, 0) is 17.5 Å². The molecular weight excluding hydrogens is 481 g/mol. The SMILES string of the molecule is COCCNC(=O)c1ccc(-c2cnc3c(c2)N(Cc2cc(Cl)ccc2C(F)(F)F)CCN3)cc1. The Morgan fingerprint density at radius 3 is 2.66 bits per heavy atom. The Labute approximate surface area is 206 Å². The van der Waals surface area contributed by atoms with Gasteiger partial charge in [-0.25, -0.2) is 4.98 Å². The van der Waals surface area contributed by atoms with Gasteiger partial charge in [0.1, 0.15) is 5.82 Å². The summed E-state index contributed by atoms with van der Waals surface area (Å²) in [6.07, 6.45) is -2.78. The molecule has 0 spiro atoms. The Morgan fingerprint density at radius 2 is 1.94 bits per heavy atom. The molecule has 2 N–H and O–H groups in total. The molecule has 1 aliphatic rings. The van der Waals surface area contributed by atoms with Gasteiger partial charge in [-0.3, -0.25) is 4.79 Å². The van der Waals surface area contributed by atoms with E-state index in [4.69, 9.17) is 16.3 Å². The number of nitrogens with one attached hydrogen (secondary N) is 2. The van der Waals surface area contributed by atoms with Crippen molar-refractivity contribution in [3.05, 3.63) is 76.4 Å². The average Bonchev–Trinajstić information content (AvgIpc) is 2.83. The average molecular weight is 505 g/mol. The van der Waals surface area contributed by atoms with Crippen LogP contribution in [0.25, 0.3) is 11.1 Å². The number of nitrogens with zero attached hydrogens (tertiary/aromatic N) is 2. The van der Waals surface area contributed by atoms with Gasteiger partial charge in [-0.15, -0.1) is 0 Å². The molecule has 35 heavy (non-hydrogen) atoms. The summed E-state index contributed by atoms with van der Waals surface area (Å²) in [7, 11) is 1.56. The smallest absolute Gasteiger partial charge is 0.383 e. The number of fused-ring (bicyclic) bond motifs is 1. The summed E-state index contributed by atoms with van der Waals surface area (Å²) in [6, 6.07) is 12.6. The number of benzene rings is 2.